The van der Waals surface area contributed by atoms with E-state index in [1.165, 1.54) is 42.3 Å². The number of aryl methyl sites for hydroxylation is 2. The van der Waals surface area contributed by atoms with E-state index >= 15 is 0 Å². The van der Waals surface area contributed by atoms with Crippen molar-refractivity contribution in [2.45, 2.75) is 72.9 Å². The molecule has 1 N–H and O–H groups in total. The molecule has 1 aromatic heterocycles. The maximum Gasteiger partial charge on any atom is 0.0739 e. The molecule has 21 heavy (non-hydrogen) atoms. The van der Waals surface area contributed by atoms with E-state index in [0.717, 1.165) is 31.2 Å². The van der Waals surface area contributed by atoms with Gasteiger partial charge >= 0.3 is 0 Å². The zero-order valence-corrected chi connectivity index (χ0v) is 15.6. The fourth-order valence-electron chi connectivity index (χ4n) is 3.93. The van der Waals surface area contributed by atoms with Crippen molar-refractivity contribution in [2.75, 3.05) is 6.54 Å². The largest absolute Gasteiger partial charge is 0.311 e. The van der Waals surface area contributed by atoms with Crippen LogP contribution in [0.5, 0.6) is 0 Å². The molecule has 0 saturated heterocycles. The zero-order valence-electron chi connectivity index (χ0n) is 14.0. The van der Waals surface area contributed by atoms with Crippen LogP contribution in [-0.4, -0.2) is 16.3 Å². The molecule has 0 bridgehead atoms. The van der Waals surface area contributed by atoms with Gasteiger partial charge in [-0.05, 0) is 60.4 Å². The molecule has 0 spiro atoms. The van der Waals surface area contributed by atoms with Crippen LogP contribution in [0, 0.1) is 18.3 Å². The Balaban J connectivity index is 1.96. The minimum Gasteiger partial charge on any atom is -0.311 e. The summed E-state index contributed by atoms with van der Waals surface area (Å²) in [5.41, 5.74) is 2.91. The van der Waals surface area contributed by atoms with Gasteiger partial charge in [-0.3, -0.25) is 4.68 Å². The van der Waals surface area contributed by atoms with Crippen LogP contribution in [-0.2, 0) is 13.1 Å². The van der Waals surface area contributed by atoms with Gasteiger partial charge < -0.3 is 5.32 Å². The second-order valence-electron chi connectivity index (χ2n) is 7.07. The molecule has 0 aliphatic heterocycles. The minimum atomic E-state index is 0.534. The average Bonchev–Trinajstić information content (AvgIpc) is 2.98. The molecular weight excluding hydrogens is 326 g/mol. The van der Waals surface area contributed by atoms with Crippen LogP contribution in [0.4, 0.5) is 0 Å². The molecule has 1 fully saturated rings. The van der Waals surface area contributed by atoms with E-state index in [9.17, 15) is 0 Å². The SMILES string of the molecule is CCn1nc(C)c(Br)c1CNCC1(CC(C)C)CCCC1. The highest BCUT2D eigenvalue weighted by atomic mass is 79.9. The molecule has 2 rings (SSSR count). The Hall–Kier alpha value is -0.350. The van der Waals surface area contributed by atoms with Crippen molar-refractivity contribution in [1.82, 2.24) is 15.1 Å². The van der Waals surface area contributed by atoms with Gasteiger partial charge in [0.25, 0.3) is 0 Å². The van der Waals surface area contributed by atoms with E-state index in [1.54, 1.807) is 0 Å². The standard InChI is InChI=1S/C17H30BrN3/c1-5-21-15(16(18)14(4)20-21)11-19-12-17(10-13(2)3)8-6-7-9-17/h13,19H,5-12H2,1-4H3. The summed E-state index contributed by atoms with van der Waals surface area (Å²) >= 11 is 3.69. The topological polar surface area (TPSA) is 29.9 Å². The third-order valence-electron chi connectivity index (χ3n) is 4.75. The number of hydrogen-bond acceptors (Lipinski definition) is 2. The van der Waals surface area contributed by atoms with Crippen molar-refractivity contribution in [3.63, 3.8) is 0 Å². The predicted molar refractivity (Wildman–Crippen MR) is 92.4 cm³/mol. The Kier molecular flexibility index (Phi) is 5.89. The molecule has 0 amide bonds. The first kappa shape index (κ1) is 17.0. The summed E-state index contributed by atoms with van der Waals surface area (Å²) in [6.07, 6.45) is 6.96. The maximum absolute atomic E-state index is 4.57. The van der Waals surface area contributed by atoms with E-state index in [4.69, 9.17) is 0 Å². The first-order valence-corrected chi connectivity index (χ1v) is 9.19. The molecule has 1 aliphatic rings. The molecule has 120 valence electrons. The van der Waals surface area contributed by atoms with E-state index in [2.05, 4.69) is 58.7 Å². The second-order valence-corrected chi connectivity index (χ2v) is 7.86. The molecule has 4 heteroatoms. The van der Waals surface area contributed by atoms with Crippen LogP contribution < -0.4 is 5.32 Å². The molecule has 0 radical (unpaired) electrons. The third-order valence-corrected chi connectivity index (χ3v) is 5.78. The number of hydrogen-bond donors (Lipinski definition) is 1. The average molecular weight is 356 g/mol. The highest BCUT2D eigenvalue weighted by Gasteiger charge is 2.33. The van der Waals surface area contributed by atoms with Gasteiger partial charge in [0.1, 0.15) is 0 Å². The summed E-state index contributed by atoms with van der Waals surface area (Å²) in [6.45, 7) is 11.9. The Morgan fingerprint density at radius 3 is 2.57 bits per heavy atom. The van der Waals surface area contributed by atoms with Crippen molar-refractivity contribution >= 4 is 15.9 Å². The highest BCUT2D eigenvalue weighted by Crippen LogP contribution is 2.42. The van der Waals surface area contributed by atoms with Gasteiger partial charge in [-0.15, -0.1) is 0 Å². The zero-order chi connectivity index (χ0) is 15.5. The number of halogens is 1. The third kappa shape index (κ3) is 4.10. The van der Waals surface area contributed by atoms with Crippen molar-refractivity contribution in [2.24, 2.45) is 11.3 Å². The first-order chi connectivity index (χ1) is 9.97. The Labute approximate surface area is 138 Å². The van der Waals surface area contributed by atoms with Gasteiger partial charge in [0.2, 0.25) is 0 Å². The van der Waals surface area contributed by atoms with Crippen LogP contribution in [0.25, 0.3) is 0 Å². The number of aromatic nitrogens is 2. The highest BCUT2D eigenvalue weighted by molar-refractivity contribution is 9.10. The van der Waals surface area contributed by atoms with Crippen LogP contribution in [0.1, 0.15) is 64.3 Å². The molecule has 1 saturated carbocycles. The molecule has 0 unspecified atom stereocenters. The first-order valence-electron chi connectivity index (χ1n) is 8.40. The molecule has 0 atom stereocenters. The van der Waals surface area contributed by atoms with Crippen LogP contribution in [0.3, 0.4) is 0 Å². The minimum absolute atomic E-state index is 0.534. The van der Waals surface area contributed by atoms with Crippen molar-refractivity contribution in [3.05, 3.63) is 15.9 Å². The summed E-state index contributed by atoms with van der Waals surface area (Å²) in [6, 6.07) is 0. The van der Waals surface area contributed by atoms with E-state index in [-0.39, 0.29) is 0 Å². The lowest BCUT2D eigenvalue weighted by Gasteiger charge is -2.31. The molecule has 3 nitrogen and oxygen atoms in total. The molecule has 1 aliphatic carbocycles. The molecule has 1 aromatic rings. The lowest BCUT2D eigenvalue weighted by molar-refractivity contribution is 0.222. The van der Waals surface area contributed by atoms with Gasteiger partial charge in [0, 0.05) is 19.6 Å². The lowest BCUT2D eigenvalue weighted by atomic mass is 9.78. The normalized spacial score (nSPS) is 17.8. The number of nitrogens with zero attached hydrogens (tertiary/aromatic N) is 2. The summed E-state index contributed by atoms with van der Waals surface area (Å²) < 4.78 is 3.28. The van der Waals surface area contributed by atoms with Crippen LogP contribution >= 0.6 is 15.9 Å². The Morgan fingerprint density at radius 1 is 1.33 bits per heavy atom. The molecule has 1 heterocycles. The summed E-state index contributed by atoms with van der Waals surface area (Å²) in [5, 5.41) is 8.30. The van der Waals surface area contributed by atoms with E-state index < -0.39 is 0 Å². The van der Waals surface area contributed by atoms with Crippen molar-refractivity contribution in [1.29, 1.82) is 0 Å². The quantitative estimate of drug-likeness (QED) is 0.769. The van der Waals surface area contributed by atoms with Crippen molar-refractivity contribution < 1.29 is 0 Å². The Morgan fingerprint density at radius 2 is 2.00 bits per heavy atom. The van der Waals surface area contributed by atoms with Crippen molar-refractivity contribution in [3.8, 4) is 0 Å². The fraction of sp³-hybridized carbons (Fsp3) is 0.824. The Bertz CT molecular complexity index is 459. The van der Waals surface area contributed by atoms with Gasteiger partial charge in [-0.25, -0.2) is 0 Å². The van der Waals surface area contributed by atoms with Crippen LogP contribution in [0.2, 0.25) is 0 Å². The van der Waals surface area contributed by atoms with Gasteiger partial charge in [0.15, 0.2) is 0 Å². The smallest absolute Gasteiger partial charge is 0.0739 e. The summed E-state index contributed by atoms with van der Waals surface area (Å²) in [7, 11) is 0. The summed E-state index contributed by atoms with van der Waals surface area (Å²) in [5.74, 6) is 0.792. The monoisotopic (exact) mass is 355 g/mol. The lowest BCUT2D eigenvalue weighted by Crippen LogP contribution is -2.33. The molecular formula is C17H30BrN3. The second kappa shape index (κ2) is 7.28. The fourth-order valence-corrected chi connectivity index (χ4v) is 4.35. The van der Waals surface area contributed by atoms with E-state index in [0.29, 0.717) is 5.41 Å². The summed E-state index contributed by atoms with van der Waals surface area (Å²) in [4.78, 5) is 0. The number of nitrogens with one attached hydrogen (secondary N) is 1. The van der Waals surface area contributed by atoms with Gasteiger partial charge in [0.05, 0.1) is 15.9 Å². The van der Waals surface area contributed by atoms with Crippen LogP contribution in [0.15, 0.2) is 4.47 Å². The van der Waals surface area contributed by atoms with Gasteiger partial charge in [-0.1, -0.05) is 26.7 Å². The van der Waals surface area contributed by atoms with E-state index in [1.807, 2.05) is 0 Å². The maximum atomic E-state index is 4.57. The van der Waals surface area contributed by atoms with Gasteiger partial charge in [-0.2, -0.15) is 5.10 Å². The predicted octanol–water partition coefficient (Wildman–Crippen LogP) is 4.67. The number of rotatable bonds is 7. The molecule has 0 aromatic carbocycles.